The number of hydrogen-bond donors (Lipinski definition) is 0. The lowest BCUT2D eigenvalue weighted by atomic mass is 9.82. The molecule has 2 aliphatic heterocycles. The van der Waals surface area contributed by atoms with Crippen LogP contribution in [0.1, 0.15) is 19.8 Å². The number of rotatable bonds is 1. The number of amides is 1. The molecule has 5 nitrogen and oxygen atoms in total. The predicted molar refractivity (Wildman–Crippen MR) is 75.9 cm³/mol. The van der Waals surface area contributed by atoms with E-state index in [1.807, 2.05) is 25.1 Å². The van der Waals surface area contributed by atoms with Gasteiger partial charge in [0.2, 0.25) is 6.10 Å². The van der Waals surface area contributed by atoms with Crippen LogP contribution in [0.5, 0.6) is 11.5 Å². The Balaban J connectivity index is 1.64. The zero-order valence-electron chi connectivity index (χ0n) is 12.0. The first kappa shape index (κ1) is 13.7. The molecule has 21 heavy (non-hydrogen) atoms. The molecule has 2 aliphatic rings. The van der Waals surface area contributed by atoms with Gasteiger partial charge in [-0.05, 0) is 31.9 Å². The highest BCUT2D eigenvalue weighted by molar-refractivity contribution is 5.82. The molecule has 1 saturated heterocycles. The van der Waals surface area contributed by atoms with Crippen molar-refractivity contribution in [1.29, 1.82) is 5.26 Å². The Hall–Kier alpha value is -2.22. The minimum Gasteiger partial charge on any atom is -0.485 e. The lowest BCUT2D eigenvalue weighted by Crippen LogP contribution is -2.50. The third-order valence-electron chi connectivity index (χ3n) is 4.23. The van der Waals surface area contributed by atoms with E-state index in [1.165, 1.54) is 0 Å². The van der Waals surface area contributed by atoms with Crippen molar-refractivity contribution in [2.24, 2.45) is 5.41 Å². The van der Waals surface area contributed by atoms with E-state index in [2.05, 4.69) is 6.07 Å². The Kier molecular flexibility index (Phi) is 3.46. The van der Waals surface area contributed by atoms with Gasteiger partial charge < -0.3 is 14.4 Å². The van der Waals surface area contributed by atoms with Crippen LogP contribution < -0.4 is 9.47 Å². The molecule has 0 aromatic heterocycles. The normalized spacial score (nSPS) is 23.2. The van der Waals surface area contributed by atoms with Gasteiger partial charge in [0, 0.05) is 13.1 Å². The molecule has 1 aromatic rings. The number of carbonyl (C=O) groups excluding carboxylic acids is 1. The second-order valence-corrected chi connectivity index (χ2v) is 5.86. The molecule has 0 aliphatic carbocycles. The summed E-state index contributed by atoms with van der Waals surface area (Å²) >= 11 is 0. The molecule has 0 N–H and O–H groups in total. The van der Waals surface area contributed by atoms with Crippen molar-refractivity contribution in [2.75, 3.05) is 19.7 Å². The molecule has 3 rings (SSSR count). The average Bonchev–Trinajstić information content (AvgIpc) is 2.54. The Morgan fingerprint density at radius 1 is 1.33 bits per heavy atom. The topological polar surface area (TPSA) is 62.6 Å². The second-order valence-electron chi connectivity index (χ2n) is 5.86. The molecule has 1 fully saturated rings. The van der Waals surface area contributed by atoms with E-state index in [-0.39, 0.29) is 17.9 Å². The Morgan fingerprint density at radius 2 is 2.00 bits per heavy atom. The van der Waals surface area contributed by atoms with Gasteiger partial charge in [0.1, 0.15) is 6.61 Å². The zero-order valence-corrected chi connectivity index (χ0v) is 12.0. The molecule has 0 bridgehead atoms. The summed E-state index contributed by atoms with van der Waals surface area (Å²) in [4.78, 5) is 14.3. The number of para-hydroxylation sites is 2. The number of hydrogen-bond acceptors (Lipinski definition) is 4. The van der Waals surface area contributed by atoms with Crippen LogP contribution in [0.2, 0.25) is 0 Å². The number of ether oxygens (including phenoxy) is 2. The van der Waals surface area contributed by atoms with Gasteiger partial charge in [-0.3, -0.25) is 4.79 Å². The molecule has 110 valence electrons. The molecule has 1 atom stereocenters. The van der Waals surface area contributed by atoms with E-state index in [4.69, 9.17) is 14.7 Å². The molecule has 0 saturated carbocycles. The van der Waals surface area contributed by atoms with Gasteiger partial charge in [0.05, 0.1) is 11.5 Å². The number of likely N-dealkylation sites (tertiary alicyclic amines) is 1. The Morgan fingerprint density at radius 3 is 2.67 bits per heavy atom. The lowest BCUT2D eigenvalue weighted by molar-refractivity contribution is -0.143. The maximum absolute atomic E-state index is 12.5. The summed E-state index contributed by atoms with van der Waals surface area (Å²) in [5, 5.41) is 9.13. The smallest absolute Gasteiger partial charge is 0.267 e. The molecular formula is C16H18N2O3. The van der Waals surface area contributed by atoms with Gasteiger partial charge in [-0.15, -0.1) is 0 Å². The number of benzene rings is 1. The van der Waals surface area contributed by atoms with E-state index in [0.29, 0.717) is 37.4 Å². The van der Waals surface area contributed by atoms with Crippen molar-refractivity contribution in [3.05, 3.63) is 24.3 Å². The highest BCUT2D eigenvalue weighted by Crippen LogP contribution is 2.33. The zero-order chi connectivity index (χ0) is 14.9. The van der Waals surface area contributed by atoms with Gasteiger partial charge >= 0.3 is 0 Å². The first-order chi connectivity index (χ1) is 10.1. The fourth-order valence-electron chi connectivity index (χ4n) is 2.68. The Bertz CT molecular complexity index is 585. The number of piperidine rings is 1. The van der Waals surface area contributed by atoms with Gasteiger partial charge in [0.15, 0.2) is 11.5 Å². The molecule has 0 spiro atoms. The minimum absolute atomic E-state index is 0.0514. The Labute approximate surface area is 124 Å². The van der Waals surface area contributed by atoms with Gasteiger partial charge in [-0.2, -0.15) is 5.26 Å². The molecular weight excluding hydrogens is 268 g/mol. The third kappa shape index (κ3) is 2.66. The van der Waals surface area contributed by atoms with Crippen LogP contribution >= 0.6 is 0 Å². The van der Waals surface area contributed by atoms with Crippen molar-refractivity contribution in [2.45, 2.75) is 25.9 Å². The summed E-state index contributed by atoms with van der Waals surface area (Å²) in [6.45, 7) is 3.39. The highest BCUT2D eigenvalue weighted by atomic mass is 16.6. The third-order valence-corrected chi connectivity index (χ3v) is 4.23. The predicted octanol–water partition coefficient (Wildman–Crippen LogP) is 1.98. The fourth-order valence-corrected chi connectivity index (χ4v) is 2.68. The van der Waals surface area contributed by atoms with Crippen LogP contribution in [0.25, 0.3) is 0 Å². The van der Waals surface area contributed by atoms with E-state index in [1.54, 1.807) is 11.0 Å². The van der Waals surface area contributed by atoms with Crippen LogP contribution in [-0.4, -0.2) is 36.6 Å². The van der Waals surface area contributed by atoms with Crippen LogP contribution in [-0.2, 0) is 4.79 Å². The second kappa shape index (κ2) is 5.28. The molecule has 1 unspecified atom stereocenters. The summed E-state index contributed by atoms with van der Waals surface area (Å²) in [5.74, 6) is 1.24. The first-order valence-corrected chi connectivity index (χ1v) is 7.20. The molecule has 5 heteroatoms. The van der Waals surface area contributed by atoms with Crippen molar-refractivity contribution < 1.29 is 14.3 Å². The summed E-state index contributed by atoms with van der Waals surface area (Å²) in [5.41, 5.74) is -0.312. The number of nitriles is 1. The van der Waals surface area contributed by atoms with Crippen LogP contribution in [0, 0.1) is 16.7 Å². The summed E-state index contributed by atoms with van der Waals surface area (Å²) in [6.07, 6.45) is 0.824. The lowest BCUT2D eigenvalue weighted by Gasteiger charge is -2.37. The van der Waals surface area contributed by atoms with E-state index in [9.17, 15) is 4.79 Å². The largest absolute Gasteiger partial charge is 0.485 e. The first-order valence-electron chi connectivity index (χ1n) is 7.20. The van der Waals surface area contributed by atoms with Gasteiger partial charge in [-0.25, -0.2) is 0 Å². The number of nitrogens with zero attached hydrogens (tertiary/aromatic N) is 2. The average molecular weight is 286 g/mol. The van der Waals surface area contributed by atoms with Crippen molar-refractivity contribution in [3.63, 3.8) is 0 Å². The van der Waals surface area contributed by atoms with Gasteiger partial charge in [0.25, 0.3) is 5.91 Å². The molecule has 1 aromatic carbocycles. The van der Waals surface area contributed by atoms with E-state index in [0.717, 1.165) is 0 Å². The highest BCUT2D eigenvalue weighted by Gasteiger charge is 2.36. The maximum atomic E-state index is 12.5. The maximum Gasteiger partial charge on any atom is 0.267 e. The molecule has 1 amide bonds. The summed E-state index contributed by atoms with van der Waals surface area (Å²) in [7, 11) is 0. The van der Waals surface area contributed by atoms with E-state index < -0.39 is 6.10 Å². The van der Waals surface area contributed by atoms with Crippen molar-refractivity contribution >= 4 is 5.91 Å². The van der Waals surface area contributed by atoms with Crippen LogP contribution in [0.4, 0.5) is 0 Å². The monoisotopic (exact) mass is 286 g/mol. The van der Waals surface area contributed by atoms with Gasteiger partial charge in [-0.1, -0.05) is 12.1 Å². The SMILES string of the molecule is CC1(C#N)CCN(C(=O)C2COc3ccccc3O2)CC1. The summed E-state index contributed by atoms with van der Waals surface area (Å²) in [6, 6.07) is 9.70. The standard InChI is InChI=1S/C16H18N2O3/c1-16(11-17)6-8-18(9-7-16)15(19)14-10-20-12-4-2-3-5-13(12)21-14/h2-5,14H,6-10H2,1H3. The van der Waals surface area contributed by atoms with Crippen LogP contribution in [0.3, 0.4) is 0 Å². The fraction of sp³-hybridized carbons (Fsp3) is 0.500. The summed E-state index contributed by atoms with van der Waals surface area (Å²) < 4.78 is 11.3. The van der Waals surface area contributed by atoms with E-state index >= 15 is 0 Å². The number of carbonyl (C=O) groups is 1. The van der Waals surface area contributed by atoms with Crippen LogP contribution in [0.15, 0.2) is 24.3 Å². The van der Waals surface area contributed by atoms with Crippen molar-refractivity contribution in [3.8, 4) is 17.6 Å². The minimum atomic E-state index is -0.591. The quantitative estimate of drug-likeness (QED) is 0.792. The van der Waals surface area contributed by atoms with Crippen molar-refractivity contribution in [1.82, 2.24) is 4.90 Å². The molecule has 2 heterocycles. The number of fused-ring (bicyclic) bond motifs is 1. The molecule has 0 radical (unpaired) electrons.